The first-order chi connectivity index (χ1) is 12.7. The summed E-state index contributed by atoms with van der Waals surface area (Å²) in [5.41, 5.74) is -2.39. The standard InChI is InChI=1S/C17H20F3N5O2/c1-23-7-6-22-15(23)16(27,17(18,19)20)12-14(26)25-10-8-24(9-11-25)13-2-4-21-5-3-13/h2-7,27H,8-12H2,1H3. The van der Waals surface area contributed by atoms with Gasteiger partial charge in [0.15, 0.2) is 5.82 Å². The van der Waals surface area contributed by atoms with Gasteiger partial charge in [-0.25, -0.2) is 4.98 Å². The molecule has 3 heterocycles. The van der Waals surface area contributed by atoms with Crippen molar-refractivity contribution >= 4 is 11.6 Å². The van der Waals surface area contributed by atoms with Crippen LogP contribution in [0.3, 0.4) is 0 Å². The fourth-order valence-electron chi connectivity index (χ4n) is 3.17. The van der Waals surface area contributed by atoms with Gasteiger partial charge in [-0.1, -0.05) is 0 Å². The third-order valence-corrected chi connectivity index (χ3v) is 4.73. The Balaban J connectivity index is 1.70. The highest BCUT2D eigenvalue weighted by Gasteiger charge is 2.59. The summed E-state index contributed by atoms with van der Waals surface area (Å²) in [5.74, 6) is -1.36. The van der Waals surface area contributed by atoms with E-state index in [4.69, 9.17) is 0 Å². The molecule has 1 N–H and O–H groups in total. The lowest BCUT2D eigenvalue weighted by molar-refractivity contribution is -0.272. The number of hydrogen-bond acceptors (Lipinski definition) is 5. The minimum atomic E-state index is -5.03. The molecule has 1 unspecified atom stereocenters. The van der Waals surface area contributed by atoms with Gasteiger partial charge < -0.3 is 19.5 Å². The van der Waals surface area contributed by atoms with Gasteiger partial charge in [-0.15, -0.1) is 0 Å². The van der Waals surface area contributed by atoms with Crippen LogP contribution in [0, 0.1) is 0 Å². The number of aromatic nitrogens is 3. The summed E-state index contributed by atoms with van der Waals surface area (Å²) in [6.07, 6.45) is -0.364. The molecule has 0 spiro atoms. The number of pyridine rings is 1. The van der Waals surface area contributed by atoms with Crippen molar-refractivity contribution in [1.29, 1.82) is 0 Å². The number of carbonyl (C=O) groups is 1. The molecule has 1 aliphatic rings. The Morgan fingerprint density at radius 2 is 1.78 bits per heavy atom. The van der Waals surface area contributed by atoms with Gasteiger partial charge in [-0.2, -0.15) is 13.2 Å². The number of alkyl halides is 3. The lowest BCUT2D eigenvalue weighted by atomic mass is 9.96. The fourth-order valence-corrected chi connectivity index (χ4v) is 3.17. The molecule has 0 aromatic carbocycles. The molecule has 27 heavy (non-hydrogen) atoms. The topological polar surface area (TPSA) is 74.5 Å². The van der Waals surface area contributed by atoms with E-state index in [-0.39, 0.29) is 13.1 Å². The van der Waals surface area contributed by atoms with Crippen LogP contribution in [0.15, 0.2) is 36.9 Å². The van der Waals surface area contributed by atoms with Crippen LogP contribution in [0.25, 0.3) is 0 Å². The molecule has 0 bridgehead atoms. The van der Waals surface area contributed by atoms with Crippen molar-refractivity contribution in [2.75, 3.05) is 31.1 Å². The van der Waals surface area contributed by atoms with Gasteiger partial charge in [-0.3, -0.25) is 9.78 Å². The van der Waals surface area contributed by atoms with Crippen LogP contribution < -0.4 is 4.90 Å². The van der Waals surface area contributed by atoms with Gasteiger partial charge in [0.05, 0.1) is 6.42 Å². The number of carbonyl (C=O) groups excluding carboxylic acids is 1. The predicted molar refractivity (Wildman–Crippen MR) is 90.8 cm³/mol. The minimum absolute atomic E-state index is 0.273. The maximum absolute atomic E-state index is 13.6. The monoisotopic (exact) mass is 383 g/mol. The van der Waals surface area contributed by atoms with Crippen molar-refractivity contribution < 1.29 is 23.1 Å². The van der Waals surface area contributed by atoms with Gasteiger partial charge in [-0.05, 0) is 12.1 Å². The molecule has 1 aliphatic heterocycles. The third kappa shape index (κ3) is 3.75. The summed E-state index contributed by atoms with van der Waals surface area (Å²) in [6.45, 7) is 1.52. The van der Waals surface area contributed by atoms with Crippen LogP contribution >= 0.6 is 0 Å². The van der Waals surface area contributed by atoms with E-state index < -0.39 is 29.9 Å². The number of imidazole rings is 1. The van der Waals surface area contributed by atoms with E-state index in [2.05, 4.69) is 9.97 Å². The number of nitrogens with zero attached hydrogens (tertiary/aromatic N) is 5. The lowest BCUT2D eigenvalue weighted by Gasteiger charge is -2.38. The highest BCUT2D eigenvalue weighted by molar-refractivity contribution is 5.78. The van der Waals surface area contributed by atoms with E-state index in [1.54, 1.807) is 12.4 Å². The molecule has 7 nitrogen and oxygen atoms in total. The lowest BCUT2D eigenvalue weighted by Crippen LogP contribution is -2.53. The molecule has 146 valence electrons. The SMILES string of the molecule is Cn1ccnc1C(O)(CC(=O)N1CCN(c2ccncc2)CC1)C(F)(F)F. The average Bonchev–Trinajstić information content (AvgIpc) is 3.08. The molecule has 10 heteroatoms. The molecular weight excluding hydrogens is 363 g/mol. The Kier molecular flexibility index (Phi) is 5.09. The molecule has 0 saturated carbocycles. The number of rotatable bonds is 4. The quantitative estimate of drug-likeness (QED) is 0.862. The zero-order valence-corrected chi connectivity index (χ0v) is 14.7. The van der Waals surface area contributed by atoms with E-state index in [1.165, 1.54) is 18.1 Å². The molecule has 3 rings (SSSR count). The molecule has 1 fully saturated rings. The molecular formula is C17H20F3N5O2. The van der Waals surface area contributed by atoms with Crippen LogP contribution in [0.4, 0.5) is 18.9 Å². The Labute approximate surface area is 154 Å². The van der Waals surface area contributed by atoms with Crippen LogP contribution in [0.2, 0.25) is 0 Å². The molecule has 2 aromatic rings. The van der Waals surface area contributed by atoms with E-state index in [0.29, 0.717) is 13.1 Å². The number of aliphatic hydroxyl groups is 1. The number of halogens is 3. The van der Waals surface area contributed by atoms with Crippen LogP contribution in [-0.2, 0) is 17.4 Å². The van der Waals surface area contributed by atoms with E-state index in [1.807, 2.05) is 17.0 Å². The maximum atomic E-state index is 13.6. The second-order valence-electron chi connectivity index (χ2n) is 6.47. The Bertz CT molecular complexity index is 787. The van der Waals surface area contributed by atoms with Gasteiger partial charge in [0.1, 0.15) is 0 Å². The van der Waals surface area contributed by atoms with Gasteiger partial charge in [0.2, 0.25) is 11.5 Å². The van der Waals surface area contributed by atoms with Crippen molar-refractivity contribution in [2.45, 2.75) is 18.2 Å². The number of aryl methyl sites for hydroxylation is 1. The second-order valence-corrected chi connectivity index (χ2v) is 6.47. The van der Waals surface area contributed by atoms with E-state index in [9.17, 15) is 23.1 Å². The summed E-state index contributed by atoms with van der Waals surface area (Å²) < 4.78 is 41.8. The fraction of sp³-hybridized carbons (Fsp3) is 0.471. The maximum Gasteiger partial charge on any atom is 0.425 e. The largest absolute Gasteiger partial charge is 0.425 e. The van der Waals surface area contributed by atoms with E-state index >= 15 is 0 Å². The smallest absolute Gasteiger partial charge is 0.374 e. The first kappa shape index (κ1) is 19.2. The van der Waals surface area contributed by atoms with Crippen molar-refractivity contribution in [3.63, 3.8) is 0 Å². The molecule has 0 radical (unpaired) electrons. The number of piperazine rings is 1. The number of hydrogen-bond donors (Lipinski definition) is 1. The first-order valence-corrected chi connectivity index (χ1v) is 8.42. The van der Waals surface area contributed by atoms with Crippen LogP contribution in [0.5, 0.6) is 0 Å². The van der Waals surface area contributed by atoms with Crippen molar-refractivity contribution in [2.24, 2.45) is 7.05 Å². The summed E-state index contributed by atoms with van der Waals surface area (Å²) in [7, 11) is 1.34. The number of anilines is 1. The average molecular weight is 383 g/mol. The van der Waals surface area contributed by atoms with Crippen molar-refractivity contribution in [3.8, 4) is 0 Å². The third-order valence-electron chi connectivity index (χ3n) is 4.73. The Morgan fingerprint density at radius 3 is 2.30 bits per heavy atom. The van der Waals surface area contributed by atoms with Crippen molar-refractivity contribution in [3.05, 3.63) is 42.7 Å². The second kappa shape index (κ2) is 7.18. The molecule has 1 atom stereocenters. The van der Waals surface area contributed by atoms with Crippen LogP contribution in [-0.4, -0.2) is 62.8 Å². The molecule has 0 aliphatic carbocycles. The number of amides is 1. The molecule has 1 amide bonds. The zero-order valence-electron chi connectivity index (χ0n) is 14.7. The zero-order chi connectivity index (χ0) is 19.7. The van der Waals surface area contributed by atoms with Crippen LogP contribution in [0.1, 0.15) is 12.2 Å². The summed E-state index contributed by atoms with van der Waals surface area (Å²) in [4.78, 5) is 23.4. The van der Waals surface area contributed by atoms with Crippen molar-refractivity contribution in [1.82, 2.24) is 19.4 Å². The van der Waals surface area contributed by atoms with Gasteiger partial charge in [0, 0.05) is 63.7 Å². The normalized spacial score (nSPS) is 17.7. The van der Waals surface area contributed by atoms with Gasteiger partial charge in [0.25, 0.3) is 0 Å². The summed E-state index contributed by atoms with van der Waals surface area (Å²) in [6, 6.07) is 3.67. The minimum Gasteiger partial charge on any atom is -0.374 e. The molecule has 2 aromatic heterocycles. The van der Waals surface area contributed by atoms with E-state index in [0.717, 1.165) is 16.5 Å². The Hall–Kier alpha value is -2.62. The highest BCUT2D eigenvalue weighted by atomic mass is 19.4. The Morgan fingerprint density at radius 1 is 1.15 bits per heavy atom. The summed E-state index contributed by atoms with van der Waals surface area (Å²) in [5, 5.41) is 10.3. The first-order valence-electron chi connectivity index (χ1n) is 8.42. The van der Waals surface area contributed by atoms with Gasteiger partial charge >= 0.3 is 6.18 Å². The highest BCUT2D eigenvalue weighted by Crippen LogP contribution is 2.41. The predicted octanol–water partition coefficient (Wildman–Crippen LogP) is 1.30. The molecule has 1 saturated heterocycles. The summed E-state index contributed by atoms with van der Waals surface area (Å²) >= 11 is 0.